The summed E-state index contributed by atoms with van der Waals surface area (Å²) in [5.74, 6) is 1.75. The minimum absolute atomic E-state index is 0.00387. The molecule has 0 fully saturated rings. The van der Waals surface area contributed by atoms with Crippen molar-refractivity contribution in [1.29, 1.82) is 0 Å². The molecule has 0 aliphatic carbocycles. The summed E-state index contributed by atoms with van der Waals surface area (Å²) in [4.78, 5) is 24.2. The van der Waals surface area contributed by atoms with Crippen LogP contribution < -0.4 is 10.2 Å². The summed E-state index contributed by atoms with van der Waals surface area (Å²) in [5.41, 5.74) is 2.45. The van der Waals surface area contributed by atoms with Crippen molar-refractivity contribution in [2.45, 2.75) is 38.8 Å². The van der Waals surface area contributed by atoms with E-state index in [1.807, 2.05) is 24.3 Å². The highest BCUT2D eigenvalue weighted by atomic mass is 19.1. The molecule has 0 radical (unpaired) electrons. The Balaban J connectivity index is 1.25. The summed E-state index contributed by atoms with van der Waals surface area (Å²) in [5, 5.41) is 11.3. The maximum absolute atomic E-state index is 14.9. The van der Waals surface area contributed by atoms with Gasteiger partial charge in [0.1, 0.15) is 29.0 Å². The number of aromatic nitrogens is 5. The molecule has 0 spiro atoms. The highest BCUT2D eigenvalue weighted by molar-refractivity contribution is 6.04. The zero-order valence-corrected chi connectivity index (χ0v) is 19.3. The Morgan fingerprint density at radius 2 is 2.00 bits per heavy atom. The Kier molecular flexibility index (Phi) is 5.24. The first-order valence-electron chi connectivity index (χ1n) is 11.8. The Morgan fingerprint density at radius 3 is 2.86 bits per heavy atom. The van der Waals surface area contributed by atoms with Gasteiger partial charge in [0.05, 0.1) is 5.56 Å². The highest BCUT2D eigenvalue weighted by Gasteiger charge is 2.26. The summed E-state index contributed by atoms with van der Waals surface area (Å²) in [6.45, 7) is 3.44. The Bertz CT molecular complexity index is 1420. The molecule has 0 bridgehead atoms. The minimum atomic E-state index is -0.537. The van der Waals surface area contributed by atoms with Crippen molar-refractivity contribution >= 4 is 17.5 Å². The molecule has 0 saturated carbocycles. The quantitative estimate of drug-likeness (QED) is 0.482. The number of carbonyl (C=O) groups excluding carboxylic acids is 1. The first-order valence-corrected chi connectivity index (χ1v) is 11.8. The number of benzene rings is 1. The minimum Gasteiger partial charge on any atom is -0.352 e. The number of aryl methyl sites for hydroxylation is 1. The second-order valence-electron chi connectivity index (χ2n) is 9.02. The largest absolute Gasteiger partial charge is 0.352 e. The van der Waals surface area contributed by atoms with E-state index in [9.17, 15) is 9.18 Å². The van der Waals surface area contributed by atoms with Gasteiger partial charge in [-0.25, -0.2) is 14.4 Å². The van der Waals surface area contributed by atoms with Crippen molar-refractivity contribution in [2.24, 2.45) is 0 Å². The van der Waals surface area contributed by atoms with E-state index >= 15 is 0 Å². The number of carbonyl (C=O) groups is 1. The SMILES string of the molecule is C[C@@H]1CCc2nnc(-c3cccc(NC(=O)c4cc5c(cc4F)CCN(c4ccccn4)C5)n3)n21. The van der Waals surface area contributed by atoms with Crippen LogP contribution in [0.4, 0.5) is 16.0 Å². The second-order valence-corrected chi connectivity index (χ2v) is 9.02. The number of nitrogens with one attached hydrogen (secondary N) is 1. The van der Waals surface area contributed by atoms with Crippen molar-refractivity contribution in [3.63, 3.8) is 0 Å². The van der Waals surface area contributed by atoms with Crippen LogP contribution in [0.25, 0.3) is 11.5 Å². The second kappa shape index (κ2) is 8.57. The Labute approximate surface area is 201 Å². The molecule has 6 rings (SSSR count). The van der Waals surface area contributed by atoms with Crippen LogP contribution in [0.3, 0.4) is 0 Å². The fraction of sp³-hybridized carbons (Fsp3) is 0.269. The van der Waals surface area contributed by atoms with Gasteiger partial charge in [0, 0.05) is 31.7 Å². The molecule has 0 saturated heterocycles. The summed E-state index contributed by atoms with van der Waals surface area (Å²) < 4.78 is 17.0. The van der Waals surface area contributed by atoms with Gasteiger partial charge in [-0.2, -0.15) is 0 Å². The standard InChI is InChI=1S/C26H24FN7O/c1-16-8-9-24-31-32-25(34(16)24)21-5-4-6-22(29-21)30-26(35)19-13-18-15-33(23-7-2-3-11-28-23)12-10-17(18)14-20(19)27/h2-7,11,13-14,16H,8-10,12,15H2,1H3,(H,29,30,35)/t16-/m1/s1. The summed E-state index contributed by atoms with van der Waals surface area (Å²) >= 11 is 0. The molecule has 3 aromatic heterocycles. The van der Waals surface area contributed by atoms with E-state index in [1.54, 1.807) is 24.4 Å². The van der Waals surface area contributed by atoms with Gasteiger partial charge in [-0.05, 0) is 67.3 Å². The maximum atomic E-state index is 14.9. The number of anilines is 2. The lowest BCUT2D eigenvalue weighted by Gasteiger charge is -2.30. The fourth-order valence-electron chi connectivity index (χ4n) is 4.90. The molecule has 1 amide bonds. The number of hydrogen-bond donors (Lipinski definition) is 1. The molecule has 5 heterocycles. The highest BCUT2D eigenvalue weighted by Crippen LogP contribution is 2.30. The topological polar surface area (TPSA) is 88.8 Å². The van der Waals surface area contributed by atoms with E-state index < -0.39 is 11.7 Å². The predicted octanol–water partition coefficient (Wildman–Crippen LogP) is 4.20. The van der Waals surface area contributed by atoms with Crippen LogP contribution in [-0.4, -0.2) is 37.2 Å². The third-order valence-corrected chi connectivity index (χ3v) is 6.73. The molecule has 2 aliphatic heterocycles. The first kappa shape index (κ1) is 21.4. The van der Waals surface area contributed by atoms with Crippen LogP contribution in [-0.2, 0) is 19.4 Å². The number of rotatable bonds is 4. The third kappa shape index (κ3) is 3.92. The van der Waals surface area contributed by atoms with E-state index in [2.05, 4.69) is 41.9 Å². The molecule has 176 valence electrons. The lowest BCUT2D eigenvalue weighted by molar-refractivity contribution is 0.102. The van der Waals surface area contributed by atoms with Crippen LogP contribution in [0.15, 0.2) is 54.7 Å². The van der Waals surface area contributed by atoms with E-state index in [-0.39, 0.29) is 5.56 Å². The summed E-state index contributed by atoms with van der Waals surface area (Å²) in [6.07, 6.45) is 4.35. The normalized spacial score (nSPS) is 16.6. The average Bonchev–Trinajstić information content (AvgIpc) is 3.47. The monoisotopic (exact) mass is 469 g/mol. The van der Waals surface area contributed by atoms with Gasteiger partial charge in [-0.15, -0.1) is 10.2 Å². The molecule has 4 aromatic rings. The summed E-state index contributed by atoms with van der Waals surface area (Å²) in [7, 11) is 0. The van der Waals surface area contributed by atoms with E-state index in [1.165, 1.54) is 6.07 Å². The van der Waals surface area contributed by atoms with Gasteiger partial charge >= 0.3 is 0 Å². The fourth-order valence-corrected chi connectivity index (χ4v) is 4.90. The van der Waals surface area contributed by atoms with E-state index in [4.69, 9.17) is 0 Å². The number of fused-ring (bicyclic) bond motifs is 2. The van der Waals surface area contributed by atoms with Crippen LogP contribution in [0.1, 0.15) is 46.7 Å². The Hall–Kier alpha value is -4.14. The van der Waals surface area contributed by atoms with Gasteiger partial charge in [0.2, 0.25) is 0 Å². The molecule has 1 aromatic carbocycles. The van der Waals surface area contributed by atoms with Crippen LogP contribution in [0.2, 0.25) is 0 Å². The van der Waals surface area contributed by atoms with Crippen LogP contribution >= 0.6 is 0 Å². The average molecular weight is 470 g/mol. The Morgan fingerprint density at radius 1 is 1.09 bits per heavy atom. The third-order valence-electron chi connectivity index (χ3n) is 6.73. The van der Waals surface area contributed by atoms with Crippen molar-refractivity contribution < 1.29 is 9.18 Å². The molecule has 2 aliphatic rings. The van der Waals surface area contributed by atoms with Crippen molar-refractivity contribution in [3.8, 4) is 11.5 Å². The van der Waals surface area contributed by atoms with E-state index in [0.29, 0.717) is 36.3 Å². The molecular formula is C26H24FN7O. The van der Waals surface area contributed by atoms with Crippen molar-refractivity contribution in [3.05, 3.63) is 83.1 Å². The van der Waals surface area contributed by atoms with Crippen LogP contribution in [0, 0.1) is 5.82 Å². The zero-order valence-electron chi connectivity index (χ0n) is 19.3. The maximum Gasteiger partial charge on any atom is 0.259 e. The van der Waals surface area contributed by atoms with Gasteiger partial charge in [0.15, 0.2) is 5.82 Å². The first-order chi connectivity index (χ1) is 17.1. The lowest BCUT2D eigenvalue weighted by atomic mass is 9.96. The number of nitrogens with zero attached hydrogens (tertiary/aromatic N) is 6. The zero-order chi connectivity index (χ0) is 23.9. The lowest BCUT2D eigenvalue weighted by Crippen LogP contribution is -2.31. The van der Waals surface area contributed by atoms with Gasteiger partial charge < -0.3 is 14.8 Å². The molecule has 8 nitrogen and oxygen atoms in total. The molecular weight excluding hydrogens is 445 g/mol. The van der Waals surface area contributed by atoms with Gasteiger partial charge in [-0.1, -0.05) is 12.1 Å². The molecule has 1 N–H and O–H groups in total. The molecule has 9 heteroatoms. The smallest absolute Gasteiger partial charge is 0.259 e. The van der Waals surface area contributed by atoms with Crippen LogP contribution in [0.5, 0.6) is 0 Å². The van der Waals surface area contributed by atoms with Crippen molar-refractivity contribution in [1.82, 2.24) is 24.7 Å². The predicted molar refractivity (Wildman–Crippen MR) is 130 cm³/mol. The van der Waals surface area contributed by atoms with Crippen molar-refractivity contribution in [2.75, 3.05) is 16.8 Å². The molecule has 1 atom stereocenters. The molecule has 35 heavy (non-hydrogen) atoms. The number of amides is 1. The summed E-state index contributed by atoms with van der Waals surface area (Å²) in [6, 6.07) is 14.5. The number of halogens is 1. The van der Waals surface area contributed by atoms with Gasteiger partial charge in [-0.3, -0.25) is 4.79 Å². The van der Waals surface area contributed by atoms with Gasteiger partial charge in [0.25, 0.3) is 5.91 Å². The van der Waals surface area contributed by atoms with E-state index in [0.717, 1.165) is 42.2 Å². The number of hydrogen-bond acceptors (Lipinski definition) is 6. The number of pyridine rings is 2. The molecule has 0 unspecified atom stereocenters.